The second-order valence-electron chi connectivity index (χ2n) is 11.3. The summed E-state index contributed by atoms with van der Waals surface area (Å²) < 4.78 is 0. The Labute approximate surface area is 254 Å². The summed E-state index contributed by atoms with van der Waals surface area (Å²) >= 11 is 0. The van der Waals surface area contributed by atoms with Crippen LogP contribution in [-0.4, -0.2) is 71.2 Å². The van der Waals surface area contributed by atoms with Gasteiger partial charge in [-0.15, -0.1) is 10.2 Å². The maximum Gasteiger partial charge on any atom is 0.322 e. The molecule has 1 unspecified atom stereocenters. The Kier molecular flexibility index (Phi) is 9.66. The maximum absolute atomic E-state index is 13.3. The topological polar surface area (TPSA) is 81.7 Å². The number of hydrogen-bond donors (Lipinski definition) is 1. The molecule has 1 fully saturated rings. The van der Waals surface area contributed by atoms with Crippen LogP contribution in [0.25, 0.3) is 22.4 Å². The summed E-state index contributed by atoms with van der Waals surface area (Å²) in [6, 6.07) is 30.1. The lowest BCUT2D eigenvalue weighted by Crippen LogP contribution is -2.52. The van der Waals surface area contributed by atoms with Crippen molar-refractivity contribution in [3.8, 4) is 22.4 Å². The van der Waals surface area contributed by atoms with Crippen molar-refractivity contribution in [1.82, 2.24) is 20.0 Å². The smallest absolute Gasteiger partial charge is 0.322 e. The zero-order chi connectivity index (χ0) is 30.2. The van der Waals surface area contributed by atoms with E-state index in [0.29, 0.717) is 32.7 Å². The molecule has 1 aliphatic heterocycles. The van der Waals surface area contributed by atoms with Crippen molar-refractivity contribution >= 4 is 23.4 Å². The molecule has 3 aromatic carbocycles. The summed E-state index contributed by atoms with van der Waals surface area (Å²) in [6.45, 7) is 9.24. The molecule has 3 amide bonds. The second-order valence-corrected chi connectivity index (χ2v) is 11.3. The molecule has 1 aliphatic rings. The number of carbonyl (C=O) groups excluding carboxylic acids is 2. The fraction of sp³-hybridized carbons (Fsp3) is 0.314. The number of aryl methyl sites for hydroxylation is 1. The zero-order valence-electron chi connectivity index (χ0n) is 25.2. The van der Waals surface area contributed by atoms with Crippen LogP contribution in [0.15, 0.2) is 91.0 Å². The molecule has 0 saturated carbocycles. The minimum atomic E-state index is -0.249. The standard InChI is InChI=1S/C35H40N6O2/c1-4-26(2)24-41(35(43)36-31-16-10-27(3)11-17-31)25-34(42)40-22-20-39(21-23-40)33-19-18-32(37-38-33)30-14-12-29(13-15-30)28-8-6-5-7-9-28/h5-19,26H,4,20-25H2,1-3H3,(H,36,43). The summed E-state index contributed by atoms with van der Waals surface area (Å²) in [6.07, 6.45) is 0.931. The van der Waals surface area contributed by atoms with Gasteiger partial charge in [0.15, 0.2) is 5.82 Å². The van der Waals surface area contributed by atoms with E-state index in [1.165, 1.54) is 5.56 Å². The number of anilines is 2. The van der Waals surface area contributed by atoms with Gasteiger partial charge in [-0.25, -0.2) is 4.79 Å². The van der Waals surface area contributed by atoms with Gasteiger partial charge in [0, 0.05) is 44.0 Å². The van der Waals surface area contributed by atoms with Crippen LogP contribution in [0.5, 0.6) is 0 Å². The summed E-state index contributed by atoms with van der Waals surface area (Å²) in [4.78, 5) is 32.1. The lowest BCUT2D eigenvalue weighted by Gasteiger charge is -2.36. The van der Waals surface area contributed by atoms with E-state index in [1.807, 2.05) is 66.4 Å². The summed E-state index contributed by atoms with van der Waals surface area (Å²) in [7, 11) is 0. The van der Waals surface area contributed by atoms with Gasteiger partial charge in [-0.05, 0) is 48.2 Å². The third kappa shape index (κ3) is 7.77. The predicted molar refractivity (Wildman–Crippen MR) is 173 cm³/mol. The van der Waals surface area contributed by atoms with Gasteiger partial charge in [0.2, 0.25) is 5.91 Å². The third-order valence-corrected chi connectivity index (χ3v) is 8.04. The Morgan fingerprint density at radius 1 is 0.814 bits per heavy atom. The Morgan fingerprint density at radius 2 is 1.47 bits per heavy atom. The second kappa shape index (κ2) is 14.0. The molecule has 8 heteroatoms. The first kappa shape index (κ1) is 29.8. The van der Waals surface area contributed by atoms with Crippen LogP contribution in [0.2, 0.25) is 0 Å². The van der Waals surface area contributed by atoms with E-state index in [9.17, 15) is 9.59 Å². The normalized spacial score (nSPS) is 13.8. The van der Waals surface area contributed by atoms with Gasteiger partial charge < -0.3 is 20.0 Å². The maximum atomic E-state index is 13.3. The van der Waals surface area contributed by atoms with Crippen LogP contribution in [-0.2, 0) is 4.79 Å². The first-order valence-corrected chi connectivity index (χ1v) is 15.0. The van der Waals surface area contributed by atoms with E-state index in [1.54, 1.807) is 4.90 Å². The fourth-order valence-electron chi connectivity index (χ4n) is 5.12. The van der Waals surface area contributed by atoms with Crippen molar-refractivity contribution < 1.29 is 9.59 Å². The van der Waals surface area contributed by atoms with E-state index in [0.717, 1.165) is 40.3 Å². The number of urea groups is 1. The van der Waals surface area contributed by atoms with E-state index < -0.39 is 0 Å². The van der Waals surface area contributed by atoms with Crippen molar-refractivity contribution in [2.75, 3.05) is 49.5 Å². The SMILES string of the molecule is CCC(C)CN(CC(=O)N1CCN(c2ccc(-c3ccc(-c4ccccc4)cc3)nn2)CC1)C(=O)Nc1ccc(C)cc1. The highest BCUT2D eigenvalue weighted by molar-refractivity contribution is 5.92. The summed E-state index contributed by atoms with van der Waals surface area (Å²) in [5.74, 6) is 1.05. The van der Waals surface area contributed by atoms with Gasteiger partial charge in [-0.1, -0.05) is 92.6 Å². The molecule has 4 aromatic rings. The van der Waals surface area contributed by atoms with Gasteiger partial charge in [0.1, 0.15) is 6.54 Å². The molecule has 0 spiro atoms. The molecule has 222 valence electrons. The highest BCUT2D eigenvalue weighted by Gasteiger charge is 2.26. The van der Waals surface area contributed by atoms with Crippen molar-refractivity contribution in [3.63, 3.8) is 0 Å². The number of amides is 3. The molecule has 2 heterocycles. The predicted octanol–water partition coefficient (Wildman–Crippen LogP) is 6.35. The van der Waals surface area contributed by atoms with Crippen LogP contribution in [0, 0.1) is 12.8 Å². The van der Waals surface area contributed by atoms with Crippen molar-refractivity contribution in [2.45, 2.75) is 27.2 Å². The largest absolute Gasteiger partial charge is 0.352 e. The molecular weight excluding hydrogens is 536 g/mol. The molecule has 43 heavy (non-hydrogen) atoms. The average Bonchev–Trinajstić information content (AvgIpc) is 3.06. The molecule has 1 aromatic heterocycles. The van der Waals surface area contributed by atoms with Crippen molar-refractivity contribution in [1.29, 1.82) is 0 Å². The number of hydrogen-bond acceptors (Lipinski definition) is 5. The Balaban J connectivity index is 1.15. The third-order valence-electron chi connectivity index (χ3n) is 8.04. The van der Waals surface area contributed by atoms with E-state index >= 15 is 0 Å². The average molecular weight is 577 g/mol. The minimum absolute atomic E-state index is 0.0395. The first-order chi connectivity index (χ1) is 20.9. The van der Waals surface area contributed by atoms with Crippen LogP contribution in [0.3, 0.4) is 0 Å². The van der Waals surface area contributed by atoms with E-state index in [4.69, 9.17) is 0 Å². The van der Waals surface area contributed by atoms with Gasteiger partial charge in [0.25, 0.3) is 0 Å². The minimum Gasteiger partial charge on any atom is -0.352 e. The molecule has 1 N–H and O–H groups in total. The summed E-state index contributed by atoms with van der Waals surface area (Å²) in [5.41, 5.74) is 6.03. The highest BCUT2D eigenvalue weighted by Crippen LogP contribution is 2.24. The van der Waals surface area contributed by atoms with Crippen LogP contribution >= 0.6 is 0 Å². The van der Waals surface area contributed by atoms with Gasteiger partial charge in [-0.3, -0.25) is 4.79 Å². The van der Waals surface area contributed by atoms with Gasteiger partial charge >= 0.3 is 6.03 Å². The van der Waals surface area contributed by atoms with E-state index in [2.05, 4.69) is 70.7 Å². The van der Waals surface area contributed by atoms with Crippen LogP contribution < -0.4 is 10.2 Å². The highest BCUT2D eigenvalue weighted by atomic mass is 16.2. The van der Waals surface area contributed by atoms with Crippen LogP contribution in [0.1, 0.15) is 25.8 Å². The Morgan fingerprint density at radius 3 is 2.09 bits per heavy atom. The zero-order valence-corrected chi connectivity index (χ0v) is 25.2. The number of rotatable bonds is 9. The molecule has 0 aliphatic carbocycles. The van der Waals surface area contributed by atoms with E-state index in [-0.39, 0.29) is 24.4 Å². The number of piperazine rings is 1. The van der Waals surface area contributed by atoms with Crippen molar-refractivity contribution in [3.05, 3.63) is 96.6 Å². The van der Waals surface area contributed by atoms with Gasteiger partial charge in [-0.2, -0.15) is 0 Å². The number of benzene rings is 3. The van der Waals surface area contributed by atoms with Crippen LogP contribution in [0.4, 0.5) is 16.3 Å². The fourth-order valence-corrected chi connectivity index (χ4v) is 5.12. The van der Waals surface area contributed by atoms with Gasteiger partial charge in [0.05, 0.1) is 5.69 Å². The Hall–Kier alpha value is -4.72. The number of carbonyl (C=O) groups is 2. The molecule has 0 bridgehead atoms. The van der Waals surface area contributed by atoms with Crippen molar-refractivity contribution in [2.24, 2.45) is 5.92 Å². The molecule has 5 rings (SSSR count). The molecule has 1 saturated heterocycles. The Bertz CT molecular complexity index is 1480. The number of aromatic nitrogens is 2. The molecule has 8 nitrogen and oxygen atoms in total. The monoisotopic (exact) mass is 576 g/mol. The molecule has 1 atom stereocenters. The lowest BCUT2D eigenvalue weighted by molar-refractivity contribution is -0.132. The number of nitrogens with zero attached hydrogens (tertiary/aromatic N) is 5. The summed E-state index contributed by atoms with van der Waals surface area (Å²) in [5, 5.41) is 11.9. The molecule has 0 radical (unpaired) electrons. The quantitative estimate of drug-likeness (QED) is 0.251. The lowest BCUT2D eigenvalue weighted by atomic mass is 10.0. The number of nitrogens with one attached hydrogen (secondary N) is 1. The molecular formula is C35H40N6O2. The first-order valence-electron chi connectivity index (χ1n) is 15.0.